The van der Waals surface area contributed by atoms with Gasteiger partial charge in [-0.3, -0.25) is 0 Å². The lowest BCUT2D eigenvalue weighted by molar-refractivity contribution is 0.0870. The molecule has 3 rings (SSSR count). The van der Waals surface area contributed by atoms with Gasteiger partial charge in [-0.25, -0.2) is 9.78 Å². The van der Waals surface area contributed by atoms with Crippen molar-refractivity contribution < 1.29 is 9.53 Å². The molecular weight excluding hydrogens is 308 g/mol. The van der Waals surface area contributed by atoms with Gasteiger partial charge in [0, 0.05) is 23.9 Å². The highest BCUT2D eigenvalue weighted by Gasteiger charge is 2.26. The fraction of sp³-hybridized carbons (Fsp3) is 0.444. The van der Waals surface area contributed by atoms with Crippen LogP contribution in [-0.4, -0.2) is 29.1 Å². The molecule has 2 aromatic rings. The zero-order valence-electron chi connectivity index (χ0n) is 13.6. The van der Waals surface area contributed by atoms with Gasteiger partial charge < -0.3 is 9.64 Å². The summed E-state index contributed by atoms with van der Waals surface area (Å²) in [6, 6.07) is 9.79. The summed E-state index contributed by atoms with van der Waals surface area (Å²) in [5, 5.41) is 1.22. The molecule has 0 unspecified atom stereocenters. The molecule has 23 heavy (non-hydrogen) atoms. The lowest BCUT2D eigenvalue weighted by atomic mass is 9.98. The van der Waals surface area contributed by atoms with Crippen LogP contribution in [0.4, 0.5) is 4.79 Å². The normalized spacial score (nSPS) is 15.7. The molecule has 0 atom stereocenters. The van der Waals surface area contributed by atoms with Crippen LogP contribution < -0.4 is 0 Å². The first-order valence-corrected chi connectivity index (χ1v) is 8.84. The highest BCUT2D eigenvalue weighted by Crippen LogP contribution is 2.32. The Hall–Kier alpha value is -1.88. The molecule has 0 spiro atoms. The predicted molar refractivity (Wildman–Crippen MR) is 91.8 cm³/mol. The Bertz CT molecular complexity index is 641. The van der Waals surface area contributed by atoms with Crippen molar-refractivity contribution in [1.29, 1.82) is 0 Å². The molecular formula is C18H22N2O2S. The van der Waals surface area contributed by atoms with E-state index in [1.54, 1.807) is 11.3 Å². The van der Waals surface area contributed by atoms with Crippen LogP contribution >= 0.6 is 11.3 Å². The number of aromatic nitrogens is 1. The zero-order chi connectivity index (χ0) is 16.2. The first-order chi connectivity index (χ1) is 11.1. The summed E-state index contributed by atoms with van der Waals surface area (Å²) in [7, 11) is 0. The highest BCUT2D eigenvalue weighted by molar-refractivity contribution is 7.11. The second-order valence-electron chi connectivity index (χ2n) is 6.00. The van der Waals surface area contributed by atoms with Crippen LogP contribution in [0.25, 0.3) is 0 Å². The van der Waals surface area contributed by atoms with Crippen molar-refractivity contribution in [2.75, 3.05) is 13.1 Å². The standard InChI is InChI=1S/C18H22N2O2S/c1-13-14(2)23-17(19-13)16-8-10-20(11-9-16)18(21)22-12-15-6-4-3-5-7-15/h3-7,16H,8-12H2,1-2H3. The SMILES string of the molecule is Cc1nc(C2CCN(C(=O)OCc3ccccc3)CC2)sc1C. The molecule has 2 heterocycles. The number of hydrogen-bond donors (Lipinski definition) is 0. The molecule has 0 aliphatic carbocycles. The van der Waals surface area contributed by atoms with E-state index in [1.165, 1.54) is 9.88 Å². The molecule has 1 aliphatic heterocycles. The van der Waals surface area contributed by atoms with Crippen molar-refractivity contribution in [1.82, 2.24) is 9.88 Å². The molecule has 5 heteroatoms. The average molecular weight is 330 g/mol. The minimum absolute atomic E-state index is 0.209. The number of amides is 1. The van der Waals surface area contributed by atoms with Gasteiger partial charge in [-0.15, -0.1) is 11.3 Å². The minimum atomic E-state index is -0.209. The van der Waals surface area contributed by atoms with E-state index in [-0.39, 0.29) is 6.09 Å². The van der Waals surface area contributed by atoms with Gasteiger partial charge in [0.15, 0.2) is 0 Å². The first-order valence-electron chi connectivity index (χ1n) is 8.03. The monoisotopic (exact) mass is 330 g/mol. The summed E-state index contributed by atoms with van der Waals surface area (Å²) in [5.74, 6) is 0.477. The van der Waals surface area contributed by atoms with Gasteiger partial charge in [0.1, 0.15) is 6.61 Å². The predicted octanol–water partition coefficient (Wildman–Crippen LogP) is 4.28. The highest BCUT2D eigenvalue weighted by atomic mass is 32.1. The van der Waals surface area contributed by atoms with E-state index in [4.69, 9.17) is 4.74 Å². The zero-order valence-corrected chi connectivity index (χ0v) is 14.4. The van der Waals surface area contributed by atoms with Crippen molar-refractivity contribution in [3.8, 4) is 0 Å². The lowest BCUT2D eigenvalue weighted by Gasteiger charge is -2.30. The van der Waals surface area contributed by atoms with Crippen molar-refractivity contribution in [3.05, 3.63) is 51.5 Å². The summed E-state index contributed by atoms with van der Waals surface area (Å²) < 4.78 is 5.41. The van der Waals surface area contributed by atoms with Gasteiger partial charge >= 0.3 is 6.09 Å². The molecule has 1 amide bonds. The Morgan fingerprint density at radius 2 is 1.96 bits per heavy atom. The summed E-state index contributed by atoms with van der Waals surface area (Å²) >= 11 is 1.79. The van der Waals surface area contributed by atoms with Gasteiger partial charge in [-0.05, 0) is 32.3 Å². The van der Waals surface area contributed by atoms with E-state index >= 15 is 0 Å². The van der Waals surface area contributed by atoms with Gasteiger partial charge in [0.2, 0.25) is 0 Å². The molecule has 122 valence electrons. The Labute approximate surface area is 141 Å². The summed E-state index contributed by atoms with van der Waals surface area (Å²) in [6.07, 6.45) is 1.72. The Morgan fingerprint density at radius 3 is 2.57 bits per heavy atom. The molecule has 0 bridgehead atoms. The second kappa shape index (κ2) is 7.13. The maximum Gasteiger partial charge on any atom is 0.410 e. The van der Waals surface area contributed by atoms with Crippen molar-refractivity contribution in [2.24, 2.45) is 0 Å². The number of carbonyl (C=O) groups is 1. The number of likely N-dealkylation sites (tertiary alicyclic amines) is 1. The largest absolute Gasteiger partial charge is 0.445 e. The number of aryl methyl sites for hydroxylation is 2. The van der Waals surface area contributed by atoms with Crippen molar-refractivity contribution in [2.45, 2.75) is 39.2 Å². The molecule has 1 aromatic carbocycles. The molecule has 4 nitrogen and oxygen atoms in total. The fourth-order valence-electron chi connectivity index (χ4n) is 2.79. The van der Waals surface area contributed by atoms with Crippen molar-refractivity contribution in [3.63, 3.8) is 0 Å². The Morgan fingerprint density at radius 1 is 1.26 bits per heavy atom. The summed E-state index contributed by atoms with van der Waals surface area (Å²) in [4.78, 5) is 19.9. The summed E-state index contributed by atoms with van der Waals surface area (Å²) in [5.41, 5.74) is 2.15. The summed E-state index contributed by atoms with van der Waals surface area (Å²) in [6.45, 7) is 6.01. The van der Waals surface area contributed by atoms with Crippen LogP contribution in [0.15, 0.2) is 30.3 Å². The lowest BCUT2D eigenvalue weighted by Crippen LogP contribution is -2.38. The van der Waals surface area contributed by atoms with Crippen LogP contribution in [0.3, 0.4) is 0 Å². The van der Waals surface area contributed by atoms with Crippen LogP contribution in [0, 0.1) is 13.8 Å². The Balaban J connectivity index is 1.49. The van der Waals surface area contributed by atoms with Gasteiger partial charge in [0.25, 0.3) is 0 Å². The van der Waals surface area contributed by atoms with Crippen LogP contribution in [0.1, 0.15) is 39.9 Å². The topological polar surface area (TPSA) is 42.4 Å². The molecule has 1 fully saturated rings. The van der Waals surface area contributed by atoms with Crippen LogP contribution in [0.5, 0.6) is 0 Å². The number of nitrogens with zero attached hydrogens (tertiary/aromatic N) is 2. The number of rotatable bonds is 3. The number of piperidine rings is 1. The van der Waals surface area contributed by atoms with Gasteiger partial charge in [0.05, 0.1) is 10.7 Å². The first kappa shape index (κ1) is 16.0. The number of ether oxygens (including phenoxy) is 1. The van der Waals surface area contributed by atoms with Crippen LogP contribution in [-0.2, 0) is 11.3 Å². The second-order valence-corrected chi connectivity index (χ2v) is 7.23. The van der Waals surface area contributed by atoms with Gasteiger partial charge in [-0.1, -0.05) is 30.3 Å². The third-order valence-electron chi connectivity index (χ3n) is 4.35. The van der Waals surface area contributed by atoms with Crippen LogP contribution in [0.2, 0.25) is 0 Å². The Kier molecular flexibility index (Phi) is 4.96. The van der Waals surface area contributed by atoms with E-state index in [0.29, 0.717) is 12.5 Å². The third kappa shape index (κ3) is 3.91. The van der Waals surface area contributed by atoms with Gasteiger partial charge in [-0.2, -0.15) is 0 Å². The number of carbonyl (C=O) groups excluding carboxylic acids is 1. The molecule has 0 saturated carbocycles. The maximum absolute atomic E-state index is 12.2. The molecule has 1 aromatic heterocycles. The minimum Gasteiger partial charge on any atom is -0.445 e. The van der Waals surface area contributed by atoms with E-state index in [9.17, 15) is 4.79 Å². The molecule has 0 N–H and O–H groups in total. The molecule has 1 aliphatic rings. The van der Waals surface area contributed by atoms with E-state index in [2.05, 4.69) is 18.8 Å². The number of benzene rings is 1. The van der Waals surface area contributed by atoms with Crippen molar-refractivity contribution >= 4 is 17.4 Å². The molecule has 0 radical (unpaired) electrons. The smallest absolute Gasteiger partial charge is 0.410 e. The molecule has 1 saturated heterocycles. The third-order valence-corrected chi connectivity index (χ3v) is 5.59. The number of thiazole rings is 1. The van der Waals surface area contributed by atoms with E-state index in [1.807, 2.05) is 35.2 Å². The average Bonchev–Trinajstić information content (AvgIpc) is 2.93. The maximum atomic E-state index is 12.2. The van der Waals surface area contributed by atoms with E-state index < -0.39 is 0 Å². The number of hydrogen-bond acceptors (Lipinski definition) is 4. The quantitative estimate of drug-likeness (QED) is 0.844. The van der Waals surface area contributed by atoms with E-state index in [0.717, 1.165) is 37.2 Å². The fourth-order valence-corrected chi connectivity index (χ4v) is 3.88.